The molecule has 2 aromatic carbocycles. The van der Waals surface area contributed by atoms with Crippen molar-refractivity contribution in [2.24, 2.45) is 0 Å². The van der Waals surface area contributed by atoms with E-state index in [-0.39, 0.29) is 5.78 Å². The van der Waals surface area contributed by atoms with E-state index in [9.17, 15) is 4.79 Å². The summed E-state index contributed by atoms with van der Waals surface area (Å²) < 4.78 is 5.75. The van der Waals surface area contributed by atoms with Crippen LogP contribution in [0.15, 0.2) is 54.6 Å². The molecule has 0 unspecified atom stereocenters. The van der Waals surface area contributed by atoms with E-state index in [0.717, 1.165) is 10.9 Å². The Morgan fingerprint density at radius 3 is 2.71 bits per heavy atom. The van der Waals surface area contributed by atoms with Gasteiger partial charge in [0.2, 0.25) is 5.88 Å². The highest BCUT2D eigenvalue weighted by atomic mass is 16.5. The lowest BCUT2D eigenvalue weighted by Crippen LogP contribution is -1.99. The molecule has 4 nitrogen and oxygen atoms in total. The lowest BCUT2D eigenvalue weighted by atomic mass is 10.1. The van der Waals surface area contributed by atoms with Crippen LogP contribution in [0.25, 0.3) is 10.9 Å². The van der Waals surface area contributed by atoms with E-state index >= 15 is 0 Å². The number of anilines is 1. The third-order valence-corrected chi connectivity index (χ3v) is 3.17. The van der Waals surface area contributed by atoms with E-state index in [1.54, 1.807) is 24.3 Å². The van der Waals surface area contributed by atoms with Gasteiger partial charge in [-0.2, -0.15) is 0 Å². The highest BCUT2D eigenvalue weighted by Crippen LogP contribution is 2.27. The smallest absolute Gasteiger partial charge is 0.219 e. The van der Waals surface area contributed by atoms with Crippen LogP contribution in [0, 0.1) is 0 Å². The number of hydrogen-bond acceptors (Lipinski definition) is 4. The number of rotatable bonds is 3. The van der Waals surface area contributed by atoms with Crippen LogP contribution < -0.4 is 10.5 Å². The maximum atomic E-state index is 11.7. The van der Waals surface area contributed by atoms with E-state index in [1.807, 2.05) is 30.3 Å². The van der Waals surface area contributed by atoms with Gasteiger partial charge in [-0.3, -0.25) is 4.79 Å². The van der Waals surface area contributed by atoms with Gasteiger partial charge in [0.1, 0.15) is 5.75 Å². The highest BCUT2D eigenvalue weighted by Gasteiger charge is 2.10. The van der Waals surface area contributed by atoms with E-state index < -0.39 is 0 Å². The van der Waals surface area contributed by atoms with Crippen LogP contribution in [0.2, 0.25) is 0 Å². The Hall–Kier alpha value is -2.88. The number of nitrogens with two attached hydrogens (primary N) is 1. The summed E-state index contributed by atoms with van der Waals surface area (Å²) in [6.45, 7) is 1.48. The van der Waals surface area contributed by atoms with Crippen molar-refractivity contribution in [2.45, 2.75) is 6.92 Å². The molecule has 0 aliphatic rings. The van der Waals surface area contributed by atoms with Crippen molar-refractivity contribution in [1.29, 1.82) is 0 Å². The second kappa shape index (κ2) is 5.25. The average Bonchev–Trinajstić information content (AvgIpc) is 2.49. The number of para-hydroxylation sites is 1. The van der Waals surface area contributed by atoms with Crippen molar-refractivity contribution in [3.8, 4) is 11.6 Å². The molecule has 0 spiro atoms. The summed E-state index contributed by atoms with van der Waals surface area (Å²) in [5.74, 6) is 0.804. The zero-order chi connectivity index (χ0) is 14.8. The molecule has 0 fully saturated rings. The minimum absolute atomic E-state index is 0.0990. The molecule has 0 saturated carbocycles. The largest absolute Gasteiger partial charge is 0.438 e. The number of benzene rings is 2. The number of fused-ring (bicyclic) bond motifs is 1. The lowest BCUT2D eigenvalue weighted by Gasteiger charge is -2.10. The van der Waals surface area contributed by atoms with Gasteiger partial charge in [-0.05, 0) is 37.3 Å². The minimum Gasteiger partial charge on any atom is -0.438 e. The summed E-state index contributed by atoms with van der Waals surface area (Å²) in [4.78, 5) is 16.1. The van der Waals surface area contributed by atoms with Crippen molar-refractivity contribution in [3.05, 3.63) is 60.2 Å². The molecule has 0 aliphatic heterocycles. The predicted octanol–water partition coefficient (Wildman–Crippen LogP) is 3.81. The second-order valence-corrected chi connectivity index (χ2v) is 4.76. The number of carbonyl (C=O) groups excluding carboxylic acids is 1. The van der Waals surface area contributed by atoms with Crippen molar-refractivity contribution in [2.75, 3.05) is 5.73 Å². The molecule has 1 aromatic heterocycles. The van der Waals surface area contributed by atoms with Gasteiger partial charge >= 0.3 is 0 Å². The Balaban J connectivity index is 2.00. The van der Waals surface area contributed by atoms with Gasteiger partial charge in [-0.1, -0.05) is 18.2 Å². The molecule has 0 radical (unpaired) electrons. The van der Waals surface area contributed by atoms with E-state index in [2.05, 4.69) is 4.98 Å². The van der Waals surface area contributed by atoms with Gasteiger partial charge < -0.3 is 10.5 Å². The predicted molar refractivity (Wildman–Crippen MR) is 82.7 cm³/mol. The number of nitrogens with zero attached hydrogens (tertiary/aromatic N) is 1. The number of nitrogen functional groups attached to an aromatic ring is 1. The first-order chi connectivity index (χ1) is 10.1. The van der Waals surface area contributed by atoms with Crippen LogP contribution in [0.5, 0.6) is 11.6 Å². The number of pyridine rings is 1. The first kappa shape index (κ1) is 13.1. The summed E-state index contributed by atoms with van der Waals surface area (Å²) in [5.41, 5.74) is 7.53. The fourth-order valence-corrected chi connectivity index (χ4v) is 2.13. The molecule has 0 aliphatic carbocycles. The molecule has 2 N–H and O–H groups in total. The van der Waals surface area contributed by atoms with Crippen molar-refractivity contribution in [3.63, 3.8) is 0 Å². The van der Waals surface area contributed by atoms with Crippen LogP contribution in [-0.4, -0.2) is 10.8 Å². The number of ketones is 1. The average molecular weight is 278 g/mol. The fourth-order valence-electron chi connectivity index (χ4n) is 2.13. The first-order valence-electron chi connectivity index (χ1n) is 6.57. The lowest BCUT2D eigenvalue weighted by molar-refractivity contribution is 0.101. The standard InChI is InChI=1S/C17H14N2O2/c1-11(20)14-10-13(18)7-8-16(14)21-17-9-6-12-4-2-3-5-15(12)19-17/h2-10H,18H2,1H3. The minimum atomic E-state index is -0.0990. The van der Waals surface area contributed by atoms with Gasteiger partial charge in [-0.25, -0.2) is 4.98 Å². The Kier molecular flexibility index (Phi) is 3.28. The van der Waals surface area contributed by atoms with Gasteiger partial charge in [0.25, 0.3) is 0 Å². The van der Waals surface area contributed by atoms with Crippen LogP contribution in [0.1, 0.15) is 17.3 Å². The molecule has 0 saturated heterocycles. The van der Waals surface area contributed by atoms with Crippen molar-refractivity contribution < 1.29 is 9.53 Å². The van der Waals surface area contributed by atoms with Gasteiger partial charge in [0.15, 0.2) is 5.78 Å². The molecule has 21 heavy (non-hydrogen) atoms. The van der Waals surface area contributed by atoms with Gasteiger partial charge in [0.05, 0.1) is 11.1 Å². The molecule has 1 heterocycles. The third kappa shape index (κ3) is 2.69. The van der Waals surface area contributed by atoms with E-state index in [4.69, 9.17) is 10.5 Å². The second-order valence-electron chi connectivity index (χ2n) is 4.76. The molecular weight excluding hydrogens is 264 g/mol. The maximum absolute atomic E-state index is 11.7. The number of carbonyl (C=O) groups is 1. The summed E-state index contributed by atoms with van der Waals surface area (Å²) in [6, 6.07) is 16.5. The normalized spacial score (nSPS) is 10.5. The summed E-state index contributed by atoms with van der Waals surface area (Å²) in [5, 5.41) is 1.04. The monoisotopic (exact) mass is 278 g/mol. The zero-order valence-electron chi connectivity index (χ0n) is 11.5. The number of aromatic nitrogens is 1. The Morgan fingerprint density at radius 2 is 1.90 bits per heavy atom. The topological polar surface area (TPSA) is 65.2 Å². The SMILES string of the molecule is CC(=O)c1cc(N)ccc1Oc1ccc2ccccc2n1. The first-order valence-corrected chi connectivity index (χ1v) is 6.57. The summed E-state index contributed by atoms with van der Waals surface area (Å²) in [7, 11) is 0. The molecule has 3 aromatic rings. The van der Waals surface area contributed by atoms with Crippen LogP contribution in [-0.2, 0) is 0 Å². The maximum Gasteiger partial charge on any atom is 0.219 e. The number of hydrogen-bond donors (Lipinski definition) is 1. The molecule has 0 amide bonds. The van der Waals surface area contributed by atoms with E-state index in [1.165, 1.54) is 6.92 Å². The van der Waals surface area contributed by atoms with Gasteiger partial charge in [0, 0.05) is 17.1 Å². The zero-order valence-corrected chi connectivity index (χ0v) is 11.5. The third-order valence-electron chi connectivity index (χ3n) is 3.17. The highest BCUT2D eigenvalue weighted by molar-refractivity contribution is 5.97. The van der Waals surface area contributed by atoms with Crippen molar-refractivity contribution in [1.82, 2.24) is 4.98 Å². The molecule has 0 atom stereocenters. The Bertz CT molecular complexity index is 828. The quantitative estimate of drug-likeness (QED) is 0.584. The Labute approximate surface area is 122 Å². The van der Waals surface area contributed by atoms with Crippen LogP contribution in [0.4, 0.5) is 5.69 Å². The molecular formula is C17H14N2O2. The summed E-state index contributed by atoms with van der Waals surface area (Å²) in [6.07, 6.45) is 0. The number of Topliss-reactive ketones (excluding diaryl/α,β-unsaturated/α-hetero) is 1. The Morgan fingerprint density at radius 1 is 1.10 bits per heavy atom. The van der Waals surface area contributed by atoms with E-state index in [0.29, 0.717) is 22.9 Å². The van der Waals surface area contributed by atoms with Crippen LogP contribution >= 0.6 is 0 Å². The molecule has 3 rings (SSSR count). The van der Waals surface area contributed by atoms with Crippen LogP contribution in [0.3, 0.4) is 0 Å². The fraction of sp³-hybridized carbons (Fsp3) is 0.0588. The molecule has 0 bridgehead atoms. The summed E-state index contributed by atoms with van der Waals surface area (Å²) >= 11 is 0. The van der Waals surface area contributed by atoms with Crippen molar-refractivity contribution >= 4 is 22.4 Å². The molecule has 104 valence electrons. The number of ether oxygens (including phenoxy) is 1. The molecule has 4 heteroatoms. The van der Waals surface area contributed by atoms with Gasteiger partial charge in [-0.15, -0.1) is 0 Å².